The van der Waals surface area contributed by atoms with E-state index in [-0.39, 0.29) is 17.5 Å². The minimum Gasteiger partial charge on any atom is -0.326 e. The molecule has 0 aliphatic carbocycles. The highest BCUT2D eigenvalue weighted by Gasteiger charge is 2.26. The Hall–Kier alpha value is -2.41. The molecule has 2 aromatic rings. The zero-order valence-electron chi connectivity index (χ0n) is 15.2. The number of benzene rings is 2. The maximum Gasteiger partial charge on any atom is 0.235 e. The third-order valence-electron chi connectivity index (χ3n) is 4.68. The van der Waals surface area contributed by atoms with E-state index in [2.05, 4.69) is 5.32 Å². The minimum absolute atomic E-state index is 0.142. The Morgan fingerprint density at radius 2 is 1.96 bits per heavy atom. The fraction of sp³-hybridized carbons (Fsp3) is 0.350. The van der Waals surface area contributed by atoms with Crippen molar-refractivity contribution >= 4 is 27.3 Å². The Morgan fingerprint density at radius 1 is 1.19 bits per heavy atom. The smallest absolute Gasteiger partial charge is 0.235 e. The van der Waals surface area contributed by atoms with Crippen molar-refractivity contribution in [3.05, 3.63) is 59.9 Å². The largest absolute Gasteiger partial charge is 0.326 e. The zero-order valence-corrected chi connectivity index (χ0v) is 16.0. The third-order valence-corrected chi connectivity index (χ3v) is 6.55. The Balaban J connectivity index is 1.70. The van der Waals surface area contributed by atoms with Gasteiger partial charge >= 0.3 is 0 Å². The van der Waals surface area contributed by atoms with E-state index < -0.39 is 15.9 Å². The first-order chi connectivity index (χ1) is 12.9. The van der Waals surface area contributed by atoms with Crippen LogP contribution in [0, 0.1) is 11.7 Å². The Labute approximate surface area is 159 Å². The van der Waals surface area contributed by atoms with E-state index in [1.54, 1.807) is 49.4 Å². The van der Waals surface area contributed by atoms with Crippen LogP contribution in [0.2, 0.25) is 0 Å². The van der Waals surface area contributed by atoms with E-state index in [1.165, 1.54) is 10.4 Å². The molecule has 7 heteroatoms. The van der Waals surface area contributed by atoms with Crippen molar-refractivity contribution in [3.8, 4) is 0 Å². The van der Waals surface area contributed by atoms with Crippen molar-refractivity contribution in [1.29, 1.82) is 0 Å². The van der Waals surface area contributed by atoms with Crippen LogP contribution in [-0.4, -0.2) is 26.6 Å². The number of sulfonamides is 1. The molecule has 5 nitrogen and oxygen atoms in total. The average Bonchev–Trinajstić information content (AvgIpc) is 2.63. The lowest BCUT2D eigenvalue weighted by Gasteiger charge is -2.28. The SMILES string of the molecule is CC(Cc1ccccc1F)C(=O)Nc1cccc(N2CCCCS2(=O)=O)c1. The number of hydrogen-bond donors (Lipinski definition) is 1. The maximum atomic E-state index is 13.8. The summed E-state index contributed by atoms with van der Waals surface area (Å²) in [5, 5.41) is 2.81. The van der Waals surface area contributed by atoms with Crippen LogP contribution in [0.4, 0.5) is 15.8 Å². The first-order valence-corrected chi connectivity index (χ1v) is 10.6. The summed E-state index contributed by atoms with van der Waals surface area (Å²) < 4.78 is 39.7. The summed E-state index contributed by atoms with van der Waals surface area (Å²) in [5.41, 5.74) is 1.57. The summed E-state index contributed by atoms with van der Waals surface area (Å²) in [6.07, 6.45) is 1.77. The molecule has 0 bridgehead atoms. The Morgan fingerprint density at radius 3 is 2.70 bits per heavy atom. The van der Waals surface area contributed by atoms with Gasteiger partial charge < -0.3 is 5.32 Å². The van der Waals surface area contributed by atoms with Crippen LogP contribution in [0.3, 0.4) is 0 Å². The van der Waals surface area contributed by atoms with E-state index in [0.717, 1.165) is 6.42 Å². The number of nitrogens with zero attached hydrogens (tertiary/aromatic N) is 1. The summed E-state index contributed by atoms with van der Waals surface area (Å²) in [6.45, 7) is 2.18. The lowest BCUT2D eigenvalue weighted by molar-refractivity contribution is -0.119. The predicted molar refractivity (Wildman–Crippen MR) is 105 cm³/mol. The Bertz CT molecular complexity index is 930. The molecule has 1 amide bonds. The molecule has 1 saturated heterocycles. The quantitative estimate of drug-likeness (QED) is 0.849. The van der Waals surface area contributed by atoms with Gasteiger partial charge in [-0.2, -0.15) is 0 Å². The number of hydrogen-bond acceptors (Lipinski definition) is 3. The van der Waals surface area contributed by atoms with Crippen LogP contribution in [0.1, 0.15) is 25.3 Å². The van der Waals surface area contributed by atoms with Crippen molar-refractivity contribution in [2.75, 3.05) is 21.9 Å². The van der Waals surface area contributed by atoms with Gasteiger partial charge in [-0.25, -0.2) is 12.8 Å². The number of amides is 1. The molecule has 1 atom stereocenters. The summed E-state index contributed by atoms with van der Waals surface area (Å²) >= 11 is 0. The van der Waals surface area contributed by atoms with Crippen molar-refractivity contribution in [2.24, 2.45) is 5.92 Å². The first kappa shape index (κ1) is 19.4. The van der Waals surface area contributed by atoms with Crippen LogP contribution < -0.4 is 9.62 Å². The monoisotopic (exact) mass is 390 g/mol. The van der Waals surface area contributed by atoms with Crippen LogP contribution in [-0.2, 0) is 21.2 Å². The van der Waals surface area contributed by atoms with Crippen molar-refractivity contribution in [1.82, 2.24) is 0 Å². The van der Waals surface area contributed by atoms with Crippen molar-refractivity contribution < 1.29 is 17.6 Å². The lowest BCUT2D eigenvalue weighted by atomic mass is 10.00. The van der Waals surface area contributed by atoms with E-state index >= 15 is 0 Å². The van der Waals surface area contributed by atoms with Crippen LogP contribution >= 0.6 is 0 Å². The summed E-state index contributed by atoms with van der Waals surface area (Å²) in [5.74, 6) is -0.848. The molecule has 1 N–H and O–H groups in total. The highest BCUT2D eigenvalue weighted by Crippen LogP contribution is 2.26. The van der Waals surface area contributed by atoms with Gasteiger partial charge in [0.15, 0.2) is 0 Å². The molecule has 1 aliphatic rings. The molecule has 27 heavy (non-hydrogen) atoms. The Kier molecular flexibility index (Phi) is 5.79. The molecule has 0 spiro atoms. The summed E-state index contributed by atoms with van der Waals surface area (Å²) in [7, 11) is -3.30. The van der Waals surface area contributed by atoms with Gasteiger partial charge in [0.2, 0.25) is 15.9 Å². The van der Waals surface area contributed by atoms with E-state index in [0.29, 0.717) is 36.3 Å². The van der Waals surface area contributed by atoms with Crippen LogP contribution in [0.15, 0.2) is 48.5 Å². The molecule has 1 heterocycles. The molecule has 144 valence electrons. The van der Waals surface area contributed by atoms with Gasteiger partial charge in [0.1, 0.15) is 5.82 Å². The van der Waals surface area contributed by atoms with E-state index in [9.17, 15) is 17.6 Å². The topological polar surface area (TPSA) is 66.5 Å². The predicted octanol–water partition coefficient (Wildman–Crippen LogP) is 3.57. The highest BCUT2D eigenvalue weighted by atomic mass is 32.2. The van der Waals surface area contributed by atoms with Gasteiger partial charge in [-0.15, -0.1) is 0 Å². The second-order valence-electron chi connectivity index (χ2n) is 6.83. The number of carbonyl (C=O) groups excluding carboxylic acids is 1. The number of halogens is 1. The van der Waals surface area contributed by atoms with Crippen LogP contribution in [0.5, 0.6) is 0 Å². The number of anilines is 2. The molecule has 0 saturated carbocycles. The standard InChI is InChI=1S/C20H23FN2O3S/c1-15(13-16-7-2-3-10-19(16)21)20(24)22-17-8-6-9-18(14-17)23-11-4-5-12-27(23,25)26/h2-3,6-10,14-15H,4-5,11-13H2,1H3,(H,22,24). The fourth-order valence-electron chi connectivity index (χ4n) is 3.17. The van der Waals surface area contributed by atoms with Crippen LogP contribution in [0.25, 0.3) is 0 Å². The lowest BCUT2D eigenvalue weighted by Crippen LogP contribution is -2.37. The van der Waals surface area contributed by atoms with Crippen molar-refractivity contribution in [2.45, 2.75) is 26.2 Å². The van der Waals surface area contributed by atoms with Gasteiger partial charge in [0.05, 0.1) is 11.4 Å². The van der Waals surface area contributed by atoms with Gasteiger partial charge in [-0.3, -0.25) is 9.10 Å². The number of rotatable bonds is 5. The molecular weight excluding hydrogens is 367 g/mol. The highest BCUT2D eigenvalue weighted by molar-refractivity contribution is 7.92. The molecule has 1 unspecified atom stereocenters. The molecule has 3 rings (SSSR count). The molecule has 0 aromatic heterocycles. The van der Waals surface area contributed by atoms with Gasteiger partial charge in [0.25, 0.3) is 0 Å². The normalized spacial score (nSPS) is 17.3. The second-order valence-corrected chi connectivity index (χ2v) is 8.84. The van der Waals surface area contributed by atoms with Gasteiger partial charge in [-0.05, 0) is 49.1 Å². The minimum atomic E-state index is -3.30. The first-order valence-electron chi connectivity index (χ1n) is 9.01. The average molecular weight is 390 g/mol. The van der Waals surface area contributed by atoms with E-state index in [1.807, 2.05) is 0 Å². The van der Waals surface area contributed by atoms with Gasteiger partial charge in [0, 0.05) is 18.2 Å². The summed E-state index contributed by atoms with van der Waals surface area (Å²) in [4.78, 5) is 12.5. The molecule has 0 radical (unpaired) electrons. The molecular formula is C20H23FN2O3S. The number of nitrogens with one attached hydrogen (secondary N) is 1. The number of carbonyl (C=O) groups is 1. The molecule has 1 aliphatic heterocycles. The van der Waals surface area contributed by atoms with E-state index in [4.69, 9.17) is 0 Å². The molecule has 1 fully saturated rings. The second kappa shape index (κ2) is 8.08. The third kappa shape index (κ3) is 4.66. The maximum absolute atomic E-state index is 13.8. The zero-order chi connectivity index (χ0) is 19.4. The fourth-order valence-corrected chi connectivity index (χ4v) is 4.80. The summed E-state index contributed by atoms with van der Waals surface area (Å²) in [6, 6.07) is 13.2. The van der Waals surface area contributed by atoms with Gasteiger partial charge in [-0.1, -0.05) is 31.2 Å². The van der Waals surface area contributed by atoms with Crippen molar-refractivity contribution in [3.63, 3.8) is 0 Å². The molecule has 2 aromatic carbocycles.